The summed E-state index contributed by atoms with van der Waals surface area (Å²) in [6.07, 6.45) is 0.597. The number of amides is 2. The first kappa shape index (κ1) is 25.8. The highest BCUT2D eigenvalue weighted by molar-refractivity contribution is 6.34. The molecule has 0 bridgehead atoms. The molecule has 0 aromatic heterocycles. The Bertz CT molecular complexity index is 1070. The molecule has 2 aromatic rings. The second-order valence-corrected chi connectivity index (χ2v) is 9.96. The molecule has 0 saturated carbocycles. The lowest BCUT2D eigenvalue weighted by Gasteiger charge is -2.29. The van der Waals surface area contributed by atoms with Crippen LogP contribution in [0, 0.1) is 11.2 Å². The number of benzene rings is 2. The lowest BCUT2D eigenvalue weighted by molar-refractivity contribution is -0.143. The molecule has 1 aliphatic rings. The van der Waals surface area contributed by atoms with Crippen molar-refractivity contribution in [3.05, 3.63) is 70.5 Å². The largest absolute Gasteiger partial charge is 0.383 e. The van der Waals surface area contributed by atoms with Crippen molar-refractivity contribution >= 4 is 29.1 Å². The Hall–Kier alpha value is -2.77. The number of ether oxygens (including phenoxy) is 1. The van der Waals surface area contributed by atoms with Crippen LogP contribution in [0.4, 0.5) is 4.39 Å². The van der Waals surface area contributed by atoms with E-state index in [2.05, 4.69) is 5.10 Å². The van der Waals surface area contributed by atoms with Gasteiger partial charge in [-0.05, 0) is 17.5 Å². The molecule has 2 amide bonds. The normalized spacial score (nSPS) is 15.9. The predicted octanol–water partition coefficient (Wildman–Crippen LogP) is 5.07. The van der Waals surface area contributed by atoms with Crippen LogP contribution in [0.1, 0.15) is 50.8 Å². The van der Waals surface area contributed by atoms with Crippen molar-refractivity contribution < 1.29 is 18.7 Å². The number of rotatable bonds is 8. The highest BCUT2D eigenvalue weighted by Gasteiger charge is 2.36. The van der Waals surface area contributed by atoms with Gasteiger partial charge in [0, 0.05) is 42.6 Å². The Morgan fingerprint density at radius 2 is 1.85 bits per heavy atom. The Kier molecular flexibility index (Phi) is 8.44. The number of hydrogen-bond donors (Lipinski definition) is 0. The summed E-state index contributed by atoms with van der Waals surface area (Å²) < 4.78 is 19.9. The molecule has 0 spiro atoms. The summed E-state index contributed by atoms with van der Waals surface area (Å²) in [4.78, 5) is 27.9. The number of carbonyl (C=O) groups is 2. The molecule has 182 valence electrons. The van der Waals surface area contributed by atoms with E-state index in [1.807, 2.05) is 39.0 Å². The lowest BCUT2D eigenvalue weighted by atomic mass is 9.91. The standard InChI is InChI=1S/C26H31ClFN3O3/c1-26(2,3)16-24(32)30(13-14-34-4)17-25(33)31-23(19-10-6-8-12-21(19)28)15-22(29-31)18-9-5-7-11-20(18)27/h5-12,23H,13-17H2,1-4H3. The number of hydrogen-bond acceptors (Lipinski definition) is 4. The number of halogens is 2. The van der Waals surface area contributed by atoms with Crippen molar-refractivity contribution in [2.75, 3.05) is 26.8 Å². The minimum atomic E-state index is -0.637. The van der Waals surface area contributed by atoms with Crippen LogP contribution in [-0.4, -0.2) is 54.2 Å². The zero-order valence-corrected chi connectivity index (χ0v) is 20.8. The molecule has 1 aliphatic heterocycles. The third kappa shape index (κ3) is 6.42. The van der Waals surface area contributed by atoms with Crippen molar-refractivity contribution in [1.82, 2.24) is 9.91 Å². The zero-order valence-electron chi connectivity index (χ0n) is 20.1. The Labute approximate surface area is 205 Å². The Morgan fingerprint density at radius 1 is 1.18 bits per heavy atom. The first-order valence-corrected chi connectivity index (χ1v) is 11.6. The highest BCUT2D eigenvalue weighted by Crippen LogP contribution is 2.35. The zero-order chi connectivity index (χ0) is 24.9. The number of carbonyl (C=O) groups excluding carboxylic acids is 2. The van der Waals surface area contributed by atoms with Crippen LogP contribution in [-0.2, 0) is 14.3 Å². The molecule has 0 fully saturated rings. The van der Waals surface area contributed by atoms with Crippen LogP contribution in [0.3, 0.4) is 0 Å². The van der Waals surface area contributed by atoms with E-state index in [4.69, 9.17) is 16.3 Å². The van der Waals surface area contributed by atoms with Crippen LogP contribution in [0.5, 0.6) is 0 Å². The fourth-order valence-corrected chi connectivity index (χ4v) is 4.13. The van der Waals surface area contributed by atoms with Gasteiger partial charge in [-0.25, -0.2) is 9.40 Å². The molecule has 34 heavy (non-hydrogen) atoms. The van der Waals surface area contributed by atoms with Crippen molar-refractivity contribution in [3.63, 3.8) is 0 Å². The molecule has 0 radical (unpaired) electrons. The van der Waals surface area contributed by atoms with Gasteiger partial charge in [-0.1, -0.05) is 68.8 Å². The topological polar surface area (TPSA) is 62.2 Å². The van der Waals surface area contributed by atoms with Crippen molar-refractivity contribution in [3.8, 4) is 0 Å². The van der Waals surface area contributed by atoms with Gasteiger partial charge in [0.05, 0.1) is 18.4 Å². The predicted molar refractivity (Wildman–Crippen MR) is 131 cm³/mol. The summed E-state index contributed by atoms with van der Waals surface area (Å²) in [6.45, 7) is 6.30. The molecule has 8 heteroatoms. The van der Waals surface area contributed by atoms with E-state index in [1.54, 1.807) is 31.4 Å². The first-order chi connectivity index (χ1) is 16.1. The van der Waals surface area contributed by atoms with E-state index in [0.717, 1.165) is 0 Å². The molecule has 1 atom stereocenters. The maximum absolute atomic E-state index is 14.7. The summed E-state index contributed by atoms with van der Waals surface area (Å²) >= 11 is 6.38. The van der Waals surface area contributed by atoms with Gasteiger partial charge >= 0.3 is 0 Å². The molecule has 2 aromatic carbocycles. The van der Waals surface area contributed by atoms with Crippen LogP contribution in [0.2, 0.25) is 5.02 Å². The fraction of sp³-hybridized carbons (Fsp3) is 0.423. The first-order valence-electron chi connectivity index (χ1n) is 11.3. The van der Waals surface area contributed by atoms with Crippen LogP contribution < -0.4 is 0 Å². The van der Waals surface area contributed by atoms with E-state index in [1.165, 1.54) is 16.0 Å². The lowest BCUT2D eigenvalue weighted by Crippen LogP contribution is -2.43. The average Bonchev–Trinajstić information content (AvgIpc) is 3.21. The third-order valence-electron chi connectivity index (χ3n) is 5.54. The maximum Gasteiger partial charge on any atom is 0.262 e. The van der Waals surface area contributed by atoms with Crippen LogP contribution >= 0.6 is 11.6 Å². The quantitative estimate of drug-likeness (QED) is 0.522. The summed E-state index contributed by atoms with van der Waals surface area (Å²) in [7, 11) is 1.54. The van der Waals surface area contributed by atoms with Gasteiger partial charge in [0.15, 0.2) is 0 Å². The molecule has 6 nitrogen and oxygen atoms in total. The SMILES string of the molecule is COCCN(CC(=O)N1N=C(c2ccccc2Cl)CC1c1ccccc1F)C(=O)CC(C)(C)C. The van der Waals surface area contributed by atoms with Gasteiger partial charge in [-0.3, -0.25) is 9.59 Å². The fourth-order valence-electron chi connectivity index (χ4n) is 3.88. The molecule has 0 aliphatic carbocycles. The highest BCUT2D eigenvalue weighted by atomic mass is 35.5. The van der Waals surface area contributed by atoms with Gasteiger partial charge < -0.3 is 9.64 Å². The minimum Gasteiger partial charge on any atom is -0.383 e. The second kappa shape index (κ2) is 11.1. The van der Waals surface area contributed by atoms with Gasteiger partial charge in [0.25, 0.3) is 5.91 Å². The maximum atomic E-state index is 14.7. The van der Waals surface area contributed by atoms with Gasteiger partial charge in [0.2, 0.25) is 5.91 Å². The van der Waals surface area contributed by atoms with Crippen molar-refractivity contribution in [2.45, 2.75) is 39.7 Å². The van der Waals surface area contributed by atoms with E-state index in [-0.39, 0.29) is 30.8 Å². The smallest absolute Gasteiger partial charge is 0.262 e. The number of methoxy groups -OCH3 is 1. The summed E-state index contributed by atoms with van der Waals surface area (Å²) in [5, 5.41) is 6.36. The van der Waals surface area contributed by atoms with Crippen molar-refractivity contribution in [1.29, 1.82) is 0 Å². The molecule has 0 saturated heterocycles. The van der Waals surface area contributed by atoms with Crippen LogP contribution in [0.15, 0.2) is 53.6 Å². The third-order valence-corrected chi connectivity index (χ3v) is 5.87. The van der Waals surface area contributed by atoms with Gasteiger partial charge in [0.1, 0.15) is 12.4 Å². The van der Waals surface area contributed by atoms with Crippen molar-refractivity contribution in [2.24, 2.45) is 10.5 Å². The molecular weight excluding hydrogens is 457 g/mol. The van der Waals surface area contributed by atoms with Gasteiger partial charge in [-0.2, -0.15) is 5.10 Å². The van der Waals surface area contributed by atoms with E-state index in [0.29, 0.717) is 34.9 Å². The van der Waals surface area contributed by atoms with E-state index in [9.17, 15) is 14.0 Å². The summed E-state index contributed by atoms with van der Waals surface area (Å²) in [5.41, 5.74) is 1.42. The molecule has 1 heterocycles. The summed E-state index contributed by atoms with van der Waals surface area (Å²) in [6, 6.07) is 12.9. The Balaban J connectivity index is 1.92. The number of nitrogens with zero attached hydrogens (tertiary/aromatic N) is 3. The molecule has 3 rings (SSSR count). The average molecular weight is 488 g/mol. The summed E-state index contributed by atoms with van der Waals surface area (Å²) in [5.74, 6) is -0.954. The molecule has 1 unspecified atom stereocenters. The minimum absolute atomic E-state index is 0.144. The Morgan fingerprint density at radius 3 is 2.50 bits per heavy atom. The second-order valence-electron chi connectivity index (χ2n) is 9.55. The van der Waals surface area contributed by atoms with Gasteiger partial charge in [-0.15, -0.1) is 0 Å². The molecular formula is C26H31ClFN3O3. The van der Waals surface area contributed by atoms with Crippen LogP contribution in [0.25, 0.3) is 0 Å². The number of hydrazone groups is 1. The van der Waals surface area contributed by atoms with E-state index < -0.39 is 17.8 Å². The monoisotopic (exact) mass is 487 g/mol. The molecule has 0 N–H and O–H groups in total. The van der Waals surface area contributed by atoms with E-state index >= 15 is 0 Å².